The van der Waals surface area contributed by atoms with Crippen LogP contribution in [0.3, 0.4) is 0 Å². The molecule has 0 heterocycles. The van der Waals surface area contributed by atoms with Gasteiger partial charge in [-0.3, -0.25) is 4.79 Å². The van der Waals surface area contributed by atoms with Gasteiger partial charge in [0.25, 0.3) is 11.7 Å². The zero-order valence-electron chi connectivity index (χ0n) is 12.9. The number of alkyl halides is 2. The number of amides is 1. The highest BCUT2D eigenvalue weighted by Crippen LogP contribution is 2.26. The van der Waals surface area contributed by atoms with E-state index in [0.717, 1.165) is 6.26 Å². The molecule has 0 aromatic heterocycles. The first-order valence-corrected chi connectivity index (χ1v) is 9.61. The maximum absolute atomic E-state index is 12.3. The van der Waals surface area contributed by atoms with Gasteiger partial charge in [0.15, 0.2) is 9.84 Å². The van der Waals surface area contributed by atoms with Gasteiger partial charge in [0.1, 0.15) is 0 Å². The van der Waals surface area contributed by atoms with Crippen LogP contribution in [0.15, 0.2) is 52.3 Å². The minimum absolute atomic E-state index is 0.0573. The van der Waals surface area contributed by atoms with Gasteiger partial charge in [0.2, 0.25) is 0 Å². The van der Waals surface area contributed by atoms with Crippen molar-refractivity contribution in [2.45, 2.75) is 22.5 Å². The second kappa shape index (κ2) is 7.31. The lowest BCUT2D eigenvalue weighted by atomic mass is 10.1. The summed E-state index contributed by atoms with van der Waals surface area (Å²) in [5.41, 5.74) is 1.30. The van der Waals surface area contributed by atoms with Crippen molar-refractivity contribution in [3.63, 3.8) is 0 Å². The fourth-order valence-electron chi connectivity index (χ4n) is 1.99. The number of hydrogen-bond donors (Lipinski definition) is 1. The van der Waals surface area contributed by atoms with E-state index in [1.807, 2.05) is 0 Å². The summed E-state index contributed by atoms with van der Waals surface area (Å²) in [5, 5.41) is 2.63. The first-order chi connectivity index (χ1) is 11.2. The molecule has 0 bridgehead atoms. The Morgan fingerprint density at radius 1 is 1.12 bits per heavy atom. The highest BCUT2D eigenvalue weighted by atomic mass is 32.2. The molecule has 2 aromatic carbocycles. The number of sulfone groups is 1. The molecule has 8 heteroatoms. The van der Waals surface area contributed by atoms with E-state index in [1.54, 1.807) is 13.0 Å². The maximum atomic E-state index is 12.3. The zero-order chi connectivity index (χ0) is 17.9. The number of aryl methyl sites for hydroxylation is 1. The molecule has 0 saturated heterocycles. The maximum Gasteiger partial charge on any atom is 0.288 e. The molecule has 0 saturated carbocycles. The summed E-state index contributed by atoms with van der Waals surface area (Å²) >= 11 is 0.417. The largest absolute Gasteiger partial charge is 0.322 e. The number of anilines is 1. The van der Waals surface area contributed by atoms with Crippen LogP contribution in [0.1, 0.15) is 15.9 Å². The number of thioether (sulfide) groups is 1. The number of nitrogens with one attached hydrogen (secondary N) is 1. The molecule has 0 spiro atoms. The second-order valence-corrected chi connectivity index (χ2v) is 8.19. The summed E-state index contributed by atoms with van der Waals surface area (Å²) in [5.74, 6) is -2.97. The van der Waals surface area contributed by atoms with Gasteiger partial charge in [-0.05, 0) is 48.9 Å². The lowest BCUT2D eigenvalue weighted by Gasteiger charge is -2.10. The third-order valence-electron chi connectivity index (χ3n) is 3.22. The van der Waals surface area contributed by atoms with Crippen LogP contribution in [-0.4, -0.2) is 26.3 Å². The van der Waals surface area contributed by atoms with Crippen LogP contribution >= 0.6 is 11.8 Å². The summed E-state index contributed by atoms with van der Waals surface area (Å²) in [6.45, 7) is 1.70. The van der Waals surface area contributed by atoms with E-state index in [4.69, 9.17) is 0 Å². The summed E-state index contributed by atoms with van der Waals surface area (Å²) in [7, 11) is -3.42. The Kier molecular flexibility index (Phi) is 5.61. The molecule has 2 rings (SSSR count). The van der Waals surface area contributed by atoms with Gasteiger partial charge in [-0.15, -0.1) is 0 Å². The average molecular weight is 371 g/mol. The van der Waals surface area contributed by atoms with Gasteiger partial charge in [0.05, 0.1) is 4.90 Å². The van der Waals surface area contributed by atoms with Crippen molar-refractivity contribution in [3.05, 3.63) is 53.6 Å². The second-order valence-electron chi connectivity index (χ2n) is 5.11. The molecule has 0 atom stereocenters. The molecule has 1 N–H and O–H groups in total. The minimum atomic E-state index is -3.42. The van der Waals surface area contributed by atoms with Crippen LogP contribution in [0, 0.1) is 6.92 Å². The third-order valence-corrected chi connectivity index (χ3v) is 5.05. The predicted molar refractivity (Wildman–Crippen MR) is 90.5 cm³/mol. The summed E-state index contributed by atoms with van der Waals surface area (Å²) in [6, 6.07) is 10.3. The van der Waals surface area contributed by atoms with Gasteiger partial charge < -0.3 is 5.32 Å². The van der Waals surface area contributed by atoms with E-state index < -0.39 is 21.5 Å². The van der Waals surface area contributed by atoms with Crippen molar-refractivity contribution >= 4 is 33.2 Å². The number of rotatable bonds is 5. The molecule has 0 fully saturated rings. The lowest BCUT2D eigenvalue weighted by molar-refractivity contribution is 0.102. The number of carbonyl (C=O) groups is 1. The van der Waals surface area contributed by atoms with Crippen LogP contribution < -0.4 is 5.32 Å². The van der Waals surface area contributed by atoms with Gasteiger partial charge in [0, 0.05) is 22.4 Å². The number of benzene rings is 2. The number of carbonyl (C=O) groups excluding carboxylic acids is 1. The van der Waals surface area contributed by atoms with Crippen LogP contribution in [0.2, 0.25) is 0 Å². The Morgan fingerprint density at radius 3 is 2.29 bits per heavy atom. The Hall–Kier alpha value is -1.93. The Balaban J connectivity index is 2.21. The molecule has 0 unspecified atom stereocenters. The van der Waals surface area contributed by atoms with Crippen LogP contribution in [-0.2, 0) is 9.84 Å². The standard InChI is InChI=1S/C16H15F2NO3S2/c1-10-3-8-13(24(2,21)22)9-14(10)15(20)19-11-4-6-12(7-5-11)23-16(17)18/h3-9,16H,1-2H3,(H,19,20). The average Bonchev–Trinajstić information content (AvgIpc) is 2.48. The van der Waals surface area contributed by atoms with Gasteiger partial charge in [-0.2, -0.15) is 8.78 Å². The first-order valence-electron chi connectivity index (χ1n) is 6.84. The Labute approximate surface area is 143 Å². The number of halogens is 2. The van der Waals surface area contributed by atoms with E-state index >= 15 is 0 Å². The predicted octanol–water partition coefficient (Wildman–Crippen LogP) is 3.97. The van der Waals surface area contributed by atoms with E-state index in [-0.39, 0.29) is 10.5 Å². The molecule has 0 aliphatic heterocycles. The van der Waals surface area contributed by atoms with Crippen molar-refractivity contribution in [2.75, 3.05) is 11.6 Å². The molecule has 1 amide bonds. The van der Waals surface area contributed by atoms with Crippen molar-refractivity contribution in [1.29, 1.82) is 0 Å². The summed E-state index contributed by atoms with van der Waals surface area (Å²) in [6.07, 6.45) is 1.07. The zero-order valence-corrected chi connectivity index (χ0v) is 14.5. The van der Waals surface area contributed by atoms with Crippen molar-refractivity contribution in [2.24, 2.45) is 0 Å². The highest BCUT2D eigenvalue weighted by molar-refractivity contribution is 7.99. The van der Waals surface area contributed by atoms with Gasteiger partial charge in [-0.1, -0.05) is 17.8 Å². The molecule has 4 nitrogen and oxygen atoms in total. The van der Waals surface area contributed by atoms with E-state index in [0.29, 0.717) is 27.9 Å². The van der Waals surface area contributed by atoms with Gasteiger partial charge in [-0.25, -0.2) is 8.42 Å². The fourth-order valence-corrected chi connectivity index (χ4v) is 3.14. The topological polar surface area (TPSA) is 63.2 Å². The van der Waals surface area contributed by atoms with Crippen LogP contribution in [0.4, 0.5) is 14.5 Å². The highest BCUT2D eigenvalue weighted by Gasteiger charge is 2.15. The number of hydrogen-bond acceptors (Lipinski definition) is 4. The summed E-state index contributed by atoms with van der Waals surface area (Å²) < 4.78 is 47.8. The monoisotopic (exact) mass is 371 g/mol. The molecule has 24 heavy (non-hydrogen) atoms. The van der Waals surface area contributed by atoms with Crippen LogP contribution in [0.25, 0.3) is 0 Å². The van der Waals surface area contributed by atoms with Crippen LogP contribution in [0.5, 0.6) is 0 Å². The quantitative estimate of drug-likeness (QED) is 0.808. The lowest BCUT2D eigenvalue weighted by Crippen LogP contribution is -2.14. The molecule has 0 radical (unpaired) electrons. The van der Waals surface area contributed by atoms with Crippen molar-refractivity contribution < 1.29 is 22.0 Å². The first kappa shape index (κ1) is 18.4. The fraction of sp³-hybridized carbons (Fsp3) is 0.188. The van der Waals surface area contributed by atoms with E-state index in [2.05, 4.69) is 5.32 Å². The van der Waals surface area contributed by atoms with Crippen molar-refractivity contribution in [1.82, 2.24) is 0 Å². The minimum Gasteiger partial charge on any atom is -0.322 e. The van der Waals surface area contributed by atoms with E-state index in [9.17, 15) is 22.0 Å². The molecule has 0 aliphatic rings. The molecular weight excluding hydrogens is 356 g/mol. The van der Waals surface area contributed by atoms with Gasteiger partial charge >= 0.3 is 0 Å². The van der Waals surface area contributed by atoms with E-state index in [1.165, 1.54) is 36.4 Å². The Morgan fingerprint density at radius 2 is 1.75 bits per heavy atom. The normalized spacial score (nSPS) is 11.5. The molecule has 2 aromatic rings. The Bertz CT molecular complexity index is 850. The van der Waals surface area contributed by atoms with Crippen molar-refractivity contribution in [3.8, 4) is 0 Å². The third kappa shape index (κ3) is 4.78. The summed E-state index contributed by atoms with van der Waals surface area (Å²) in [4.78, 5) is 12.8. The SMILES string of the molecule is Cc1ccc(S(C)(=O)=O)cc1C(=O)Nc1ccc(SC(F)F)cc1. The smallest absolute Gasteiger partial charge is 0.288 e. The molecular formula is C16H15F2NO3S2. The molecule has 128 valence electrons. The molecule has 0 aliphatic carbocycles.